The first kappa shape index (κ1) is 24.7. The molecule has 0 rings (SSSR count). The number of quaternary nitrogens is 1. The van der Waals surface area contributed by atoms with E-state index in [0.717, 1.165) is 12.8 Å². The summed E-state index contributed by atoms with van der Waals surface area (Å²) in [6.07, 6.45) is 5.88. The summed E-state index contributed by atoms with van der Waals surface area (Å²) in [4.78, 5) is 10.0. The standard InChI is InChI=1S/C8H20N.C8H16O2.ClH/c1-5-9(6-2,7-3)8-4;1-2-3-4-5-6-7-8(9)10;/h5-8H2,1-4H3;2-7H2,1H3,(H,9,10);1H/q+1;;/p-1. The molecule has 4 heteroatoms. The van der Waals surface area contributed by atoms with Crippen LogP contribution in [-0.4, -0.2) is 41.7 Å². The minimum absolute atomic E-state index is 0. The van der Waals surface area contributed by atoms with Gasteiger partial charge in [-0.3, -0.25) is 4.79 Å². The minimum atomic E-state index is -0.670. The number of carboxylic acids is 1. The van der Waals surface area contributed by atoms with Gasteiger partial charge in [0.05, 0.1) is 26.2 Å². The number of rotatable bonds is 10. The maximum Gasteiger partial charge on any atom is 0.303 e. The lowest BCUT2D eigenvalue weighted by Gasteiger charge is -2.34. The van der Waals surface area contributed by atoms with Crippen molar-refractivity contribution in [3.8, 4) is 0 Å². The number of unbranched alkanes of at least 4 members (excludes halogenated alkanes) is 4. The molecule has 0 aliphatic heterocycles. The monoisotopic (exact) mass is 309 g/mol. The highest BCUT2D eigenvalue weighted by atomic mass is 35.5. The molecule has 0 aliphatic carbocycles. The summed E-state index contributed by atoms with van der Waals surface area (Å²) in [5, 5.41) is 8.27. The fraction of sp³-hybridized carbons (Fsp3) is 0.938. The molecule has 0 amide bonds. The van der Waals surface area contributed by atoms with Crippen LogP contribution >= 0.6 is 0 Å². The first-order valence-electron chi connectivity index (χ1n) is 8.08. The number of aliphatic carboxylic acids is 1. The van der Waals surface area contributed by atoms with Gasteiger partial charge in [0.15, 0.2) is 0 Å². The van der Waals surface area contributed by atoms with E-state index in [-0.39, 0.29) is 12.4 Å². The Labute approximate surface area is 132 Å². The topological polar surface area (TPSA) is 37.3 Å². The van der Waals surface area contributed by atoms with Crippen LogP contribution in [0.2, 0.25) is 0 Å². The molecule has 0 bridgehead atoms. The van der Waals surface area contributed by atoms with E-state index in [0.29, 0.717) is 6.42 Å². The van der Waals surface area contributed by atoms with Crippen molar-refractivity contribution < 1.29 is 26.8 Å². The second kappa shape index (κ2) is 16.8. The summed E-state index contributed by atoms with van der Waals surface area (Å²) in [6.45, 7) is 16.4. The van der Waals surface area contributed by atoms with Crippen molar-refractivity contribution >= 4 is 5.97 Å². The normalized spacial score (nSPS) is 10.2. The molecule has 0 unspecified atom stereocenters. The van der Waals surface area contributed by atoms with Gasteiger partial charge in [0.25, 0.3) is 0 Å². The summed E-state index contributed by atoms with van der Waals surface area (Å²) in [5.74, 6) is -0.670. The molecule has 0 atom stereocenters. The summed E-state index contributed by atoms with van der Waals surface area (Å²) >= 11 is 0. The molecule has 0 spiro atoms. The lowest BCUT2D eigenvalue weighted by atomic mass is 10.1. The fourth-order valence-electron chi connectivity index (χ4n) is 2.22. The molecule has 0 heterocycles. The van der Waals surface area contributed by atoms with Crippen molar-refractivity contribution in [3.63, 3.8) is 0 Å². The number of hydrogen-bond acceptors (Lipinski definition) is 1. The maximum atomic E-state index is 10.0. The predicted octanol–water partition coefficient (Wildman–Crippen LogP) is 1.32. The summed E-state index contributed by atoms with van der Waals surface area (Å²) in [6, 6.07) is 0. The molecule has 0 aromatic heterocycles. The molecule has 124 valence electrons. The summed E-state index contributed by atoms with van der Waals surface area (Å²) in [5.41, 5.74) is 0. The van der Waals surface area contributed by atoms with Gasteiger partial charge in [-0.25, -0.2) is 0 Å². The summed E-state index contributed by atoms with van der Waals surface area (Å²) < 4.78 is 1.28. The number of carboxylic acid groups (broad SMARTS) is 1. The minimum Gasteiger partial charge on any atom is -1.00 e. The first-order chi connectivity index (χ1) is 9.01. The maximum absolute atomic E-state index is 10.0. The Bertz CT molecular complexity index is 189. The Morgan fingerprint density at radius 3 is 1.45 bits per heavy atom. The van der Waals surface area contributed by atoms with E-state index in [1.165, 1.54) is 49.9 Å². The van der Waals surface area contributed by atoms with Crippen LogP contribution in [-0.2, 0) is 4.79 Å². The molecule has 0 aliphatic rings. The van der Waals surface area contributed by atoms with Crippen molar-refractivity contribution in [3.05, 3.63) is 0 Å². The highest BCUT2D eigenvalue weighted by Gasteiger charge is 2.16. The number of halogens is 1. The highest BCUT2D eigenvalue weighted by molar-refractivity contribution is 5.66. The average Bonchev–Trinajstić information content (AvgIpc) is 2.42. The Kier molecular flexibility index (Phi) is 20.7. The Morgan fingerprint density at radius 1 is 0.800 bits per heavy atom. The SMILES string of the molecule is CCCCCCCC(=O)O.CC[N+](CC)(CC)CC.[Cl-]. The molecule has 3 nitrogen and oxygen atoms in total. The van der Waals surface area contributed by atoms with Gasteiger partial charge >= 0.3 is 5.97 Å². The quantitative estimate of drug-likeness (QED) is 0.488. The van der Waals surface area contributed by atoms with Gasteiger partial charge < -0.3 is 22.0 Å². The first-order valence-corrected chi connectivity index (χ1v) is 8.08. The molecule has 0 radical (unpaired) electrons. The van der Waals surface area contributed by atoms with Crippen LogP contribution in [0.4, 0.5) is 0 Å². The fourth-order valence-corrected chi connectivity index (χ4v) is 2.22. The Balaban J connectivity index is -0.000000277. The molecule has 1 N–H and O–H groups in total. The summed E-state index contributed by atoms with van der Waals surface area (Å²) in [7, 11) is 0. The number of hydrogen-bond donors (Lipinski definition) is 1. The van der Waals surface area contributed by atoms with Gasteiger partial charge in [-0.15, -0.1) is 0 Å². The lowest BCUT2D eigenvalue weighted by Crippen LogP contribution is -3.00. The zero-order chi connectivity index (χ0) is 15.1. The van der Waals surface area contributed by atoms with Crippen molar-refractivity contribution in [1.29, 1.82) is 0 Å². The van der Waals surface area contributed by atoms with E-state index in [1.807, 2.05) is 0 Å². The van der Waals surface area contributed by atoms with Gasteiger partial charge in [-0.2, -0.15) is 0 Å². The molecule has 0 fully saturated rings. The smallest absolute Gasteiger partial charge is 0.303 e. The third-order valence-electron chi connectivity index (χ3n) is 4.18. The molecule has 0 saturated heterocycles. The van der Waals surface area contributed by atoms with E-state index < -0.39 is 5.97 Å². The van der Waals surface area contributed by atoms with Crippen LogP contribution in [0, 0.1) is 0 Å². The Morgan fingerprint density at radius 2 is 1.20 bits per heavy atom. The van der Waals surface area contributed by atoms with Crippen molar-refractivity contribution in [1.82, 2.24) is 0 Å². The van der Waals surface area contributed by atoms with E-state index in [1.54, 1.807) is 0 Å². The zero-order valence-electron chi connectivity index (χ0n) is 14.3. The lowest BCUT2D eigenvalue weighted by molar-refractivity contribution is -0.921. The molecular weight excluding hydrogens is 274 g/mol. The van der Waals surface area contributed by atoms with Crippen LogP contribution < -0.4 is 12.4 Å². The van der Waals surface area contributed by atoms with Crippen molar-refractivity contribution in [2.45, 2.75) is 73.1 Å². The van der Waals surface area contributed by atoms with Crippen LogP contribution in [0.1, 0.15) is 73.1 Å². The van der Waals surface area contributed by atoms with Crippen LogP contribution in [0.15, 0.2) is 0 Å². The zero-order valence-corrected chi connectivity index (χ0v) is 15.0. The molecule has 0 aromatic rings. The molecule has 0 aromatic carbocycles. The van der Waals surface area contributed by atoms with E-state index in [2.05, 4.69) is 34.6 Å². The van der Waals surface area contributed by atoms with Gasteiger partial charge in [-0.05, 0) is 34.1 Å². The average molecular weight is 310 g/mol. The van der Waals surface area contributed by atoms with Gasteiger partial charge in [0.1, 0.15) is 0 Å². The van der Waals surface area contributed by atoms with E-state index in [4.69, 9.17) is 5.11 Å². The highest BCUT2D eigenvalue weighted by Crippen LogP contribution is 2.04. The van der Waals surface area contributed by atoms with Crippen molar-refractivity contribution in [2.75, 3.05) is 26.2 Å². The van der Waals surface area contributed by atoms with Crippen LogP contribution in [0.5, 0.6) is 0 Å². The second-order valence-electron chi connectivity index (χ2n) is 5.16. The van der Waals surface area contributed by atoms with Crippen LogP contribution in [0.25, 0.3) is 0 Å². The third kappa shape index (κ3) is 14.1. The number of carbonyl (C=O) groups is 1. The number of nitrogens with zero attached hydrogens (tertiary/aromatic N) is 1. The van der Waals surface area contributed by atoms with Gasteiger partial charge in [-0.1, -0.05) is 32.6 Å². The van der Waals surface area contributed by atoms with Crippen LogP contribution in [0.3, 0.4) is 0 Å². The van der Waals surface area contributed by atoms with E-state index in [9.17, 15) is 4.79 Å². The predicted molar refractivity (Wildman–Crippen MR) is 83.4 cm³/mol. The second-order valence-corrected chi connectivity index (χ2v) is 5.16. The molecule has 20 heavy (non-hydrogen) atoms. The Hall–Kier alpha value is -0.280. The van der Waals surface area contributed by atoms with Gasteiger partial charge in [0, 0.05) is 6.42 Å². The van der Waals surface area contributed by atoms with Crippen molar-refractivity contribution in [2.24, 2.45) is 0 Å². The van der Waals surface area contributed by atoms with E-state index >= 15 is 0 Å². The third-order valence-corrected chi connectivity index (χ3v) is 4.18. The van der Waals surface area contributed by atoms with Gasteiger partial charge in [0.2, 0.25) is 0 Å². The molecule has 0 saturated carbocycles. The largest absolute Gasteiger partial charge is 1.00 e. The molecular formula is C16H36ClNO2.